The molecule has 1 aliphatic rings. The lowest BCUT2D eigenvalue weighted by atomic mass is 9.96. The molecule has 8 nitrogen and oxygen atoms in total. The van der Waals surface area contributed by atoms with Gasteiger partial charge in [0, 0.05) is 38.8 Å². The lowest BCUT2D eigenvalue weighted by molar-refractivity contribution is -0.120. The third-order valence-corrected chi connectivity index (χ3v) is 6.55. The molecule has 26 heavy (non-hydrogen) atoms. The summed E-state index contributed by atoms with van der Waals surface area (Å²) in [6.45, 7) is 2.35. The van der Waals surface area contributed by atoms with Crippen LogP contribution in [0, 0.1) is 12.8 Å². The van der Waals surface area contributed by atoms with Crippen LogP contribution in [0.4, 0.5) is 5.69 Å². The molecule has 1 amide bonds. The number of ether oxygens (including phenoxy) is 1. The summed E-state index contributed by atoms with van der Waals surface area (Å²) in [7, 11) is 0.841. The molecule has 1 saturated heterocycles. The van der Waals surface area contributed by atoms with E-state index in [4.69, 9.17) is 4.74 Å². The minimum Gasteiger partial charge on any atom is -0.465 e. The van der Waals surface area contributed by atoms with Gasteiger partial charge in [-0.1, -0.05) is 6.07 Å². The molecule has 0 aliphatic carbocycles. The van der Waals surface area contributed by atoms with Crippen LogP contribution in [0.3, 0.4) is 0 Å². The van der Waals surface area contributed by atoms with Crippen LogP contribution in [-0.2, 0) is 19.7 Å². The van der Waals surface area contributed by atoms with Gasteiger partial charge in [-0.2, -0.15) is 17.0 Å². The second-order valence-electron chi connectivity index (χ2n) is 6.42. The van der Waals surface area contributed by atoms with E-state index in [1.165, 1.54) is 29.8 Å². The van der Waals surface area contributed by atoms with Crippen molar-refractivity contribution in [1.29, 1.82) is 0 Å². The Morgan fingerprint density at radius 1 is 1.23 bits per heavy atom. The van der Waals surface area contributed by atoms with Crippen molar-refractivity contribution in [2.75, 3.05) is 39.6 Å². The fourth-order valence-corrected chi connectivity index (χ4v) is 4.05. The number of rotatable bonds is 5. The van der Waals surface area contributed by atoms with Crippen molar-refractivity contribution in [2.24, 2.45) is 5.92 Å². The summed E-state index contributed by atoms with van der Waals surface area (Å²) in [5.74, 6) is -0.900. The van der Waals surface area contributed by atoms with Gasteiger partial charge in [0.15, 0.2) is 0 Å². The number of hydrogen-bond donors (Lipinski definition) is 1. The number of anilines is 1. The molecule has 0 saturated carbocycles. The van der Waals surface area contributed by atoms with Gasteiger partial charge in [-0.3, -0.25) is 4.79 Å². The quantitative estimate of drug-likeness (QED) is 0.772. The van der Waals surface area contributed by atoms with E-state index in [0.717, 1.165) is 0 Å². The van der Waals surface area contributed by atoms with Crippen LogP contribution in [0.5, 0.6) is 0 Å². The van der Waals surface area contributed by atoms with E-state index in [9.17, 15) is 18.0 Å². The van der Waals surface area contributed by atoms with Crippen molar-refractivity contribution >= 4 is 27.8 Å². The molecule has 0 spiro atoms. The lowest BCUT2D eigenvalue weighted by Crippen LogP contribution is -2.46. The van der Waals surface area contributed by atoms with E-state index in [2.05, 4.69) is 5.32 Å². The zero-order chi connectivity index (χ0) is 19.5. The molecule has 1 fully saturated rings. The van der Waals surface area contributed by atoms with E-state index in [1.807, 2.05) is 0 Å². The van der Waals surface area contributed by atoms with Crippen LogP contribution in [0.25, 0.3) is 0 Å². The Morgan fingerprint density at radius 3 is 2.38 bits per heavy atom. The maximum Gasteiger partial charge on any atom is 0.338 e. The van der Waals surface area contributed by atoms with Gasteiger partial charge in [0.05, 0.1) is 12.7 Å². The highest BCUT2D eigenvalue weighted by molar-refractivity contribution is 7.86. The van der Waals surface area contributed by atoms with Crippen molar-refractivity contribution in [3.8, 4) is 0 Å². The maximum absolute atomic E-state index is 12.6. The van der Waals surface area contributed by atoms with E-state index in [-0.39, 0.29) is 11.8 Å². The standard InChI is InChI=1S/C17H25N3O5S/c1-12-14(17(22)25-4)6-5-7-15(12)18-16(21)13-8-10-20(11-9-13)26(23,24)19(2)3/h5-7,13H,8-11H2,1-4H3,(H,18,21). The smallest absolute Gasteiger partial charge is 0.338 e. The first-order valence-corrected chi connectivity index (χ1v) is 9.74. The highest BCUT2D eigenvalue weighted by Crippen LogP contribution is 2.24. The number of carbonyl (C=O) groups is 2. The number of esters is 1. The summed E-state index contributed by atoms with van der Waals surface area (Å²) in [6.07, 6.45) is 0.906. The van der Waals surface area contributed by atoms with Gasteiger partial charge in [-0.05, 0) is 37.5 Å². The molecule has 0 radical (unpaired) electrons. The summed E-state index contributed by atoms with van der Waals surface area (Å²) in [4.78, 5) is 24.3. The van der Waals surface area contributed by atoms with Crippen molar-refractivity contribution < 1.29 is 22.7 Å². The molecule has 0 aromatic heterocycles. The average molecular weight is 383 g/mol. The second kappa shape index (κ2) is 8.15. The zero-order valence-corrected chi connectivity index (χ0v) is 16.3. The molecule has 1 N–H and O–H groups in total. The van der Waals surface area contributed by atoms with Crippen LogP contribution < -0.4 is 5.32 Å². The Bertz CT molecular complexity index is 784. The molecule has 1 aromatic rings. The maximum atomic E-state index is 12.6. The molecule has 0 atom stereocenters. The summed E-state index contributed by atoms with van der Waals surface area (Å²) in [6, 6.07) is 5.05. The molecule has 1 heterocycles. The normalized spacial score (nSPS) is 16.5. The third-order valence-electron chi connectivity index (χ3n) is 4.61. The zero-order valence-electron chi connectivity index (χ0n) is 15.5. The number of hydrogen-bond acceptors (Lipinski definition) is 5. The van der Waals surface area contributed by atoms with Gasteiger partial charge in [0.25, 0.3) is 10.2 Å². The van der Waals surface area contributed by atoms with Crippen LogP contribution in [0.2, 0.25) is 0 Å². The Labute approximate surface area is 154 Å². The second-order valence-corrected chi connectivity index (χ2v) is 8.56. The Balaban J connectivity index is 2.03. The van der Waals surface area contributed by atoms with Crippen LogP contribution in [-0.4, -0.2) is 63.2 Å². The first-order chi connectivity index (χ1) is 12.2. The monoisotopic (exact) mass is 383 g/mol. The largest absolute Gasteiger partial charge is 0.465 e. The fraction of sp³-hybridized carbons (Fsp3) is 0.529. The number of carbonyl (C=O) groups excluding carboxylic acids is 2. The molecule has 0 unspecified atom stereocenters. The summed E-state index contributed by atoms with van der Waals surface area (Å²) in [5.41, 5.74) is 1.60. The van der Waals surface area contributed by atoms with Gasteiger partial charge < -0.3 is 10.1 Å². The first kappa shape index (κ1) is 20.3. The number of methoxy groups -OCH3 is 1. The molecule has 9 heteroatoms. The minimum absolute atomic E-state index is 0.169. The third kappa shape index (κ3) is 4.22. The van der Waals surface area contributed by atoms with Crippen molar-refractivity contribution in [3.63, 3.8) is 0 Å². The summed E-state index contributed by atoms with van der Waals surface area (Å²) < 4.78 is 31.6. The average Bonchev–Trinajstić information content (AvgIpc) is 2.62. The van der Waals surface area contributed by atoms with Gasteiger partial charge in [0.1, 0.15) is 0 Å². The van der Waals surface area contributed by atoms with Gasteiger partial charge in [-0.15, -0.1) is 0 Å². The van der Waals surface area contributed by atoms with Crippen LogP contribution >= 0.6 is 0 Å². The fourth-order valence-electron chi connectivity index (χ4n) is 2.92. The van der Waals surface area contributed by atoms with Crippen molar-refractivity contribution in [2.45, 2.75) is 19.8 Å². The van der Waals surface area contributed by atoms with Gasteiger partial charge in [-0.25, -0.2) is 4.79 Å². The van der Waals surface area contributed by atoms with Crippen LogP contribution in [0.1, 0.15) is 28.8 Å². The molecular weight excluding hydrogens is 358 g/mol. The van der Waals surface area contributed by atoms with Crippen LogP contribution in [0.15, 0.2) is 18.2 Å². The predicted octanol–water partition coefficient (Wildman–Crippen LogP) is 1.24. The van der Waals surface area contributed by atoms with E-state index in [0.29, 0.717) is 42.7 Å². The van der Waals surface area contributed by atoms with Crippen molar-refractivity contribution in [3.05, 3.63) is 29.3 Å². The Morgan fingerprint density at radius 2 is 1.85 bits per heavy atom. The molecule has 0 bridgehead atoms. The molecule has 2 rings (SSSR count). The van der Waals surface area contributed by atoms with Gasteiger partial charge >= 0.3 is 5.97 Å². The topological polar surface area (TPSA) is 96.0 Å². The number of nitrogens with zero attached hydrogens (tertiary/aromatic N) is 2. The Hall–Kier alpha value is -1.97. The Kier molecular flexibility index (Phi) is 6.38. The number of amides is 1. The summed E-state index contributed by atoms with van der Waals surface area (Å²) >= 11 is 0. The van der Waals surface area contributed by atoms with E-state index >= 15 is 0 Å². The number of benzene rings is 1. The molecule has 144 valence electrons. The van der Waals surface area contributed by atoms with E-state index in [1.54, 1.807) is 25.1 Å². The number of nitrogens with one attached hydrogen (secondary N) is 1. The predicted molar refractivity (Wildman–Crippen MR) is 98.1 cm³/mol. The molecule has 1 aliphatic heterocycles. The highest BCUT2D eigenvalue weighted by atomic mass is 32.2. The van der Waals surface area contributed by atoms with Gasteiger partial charge in [0.2, 0.25) is 5.91 Å². The molecule has 1 aromatic carbocycles. The lowest BCUT2D eigenvalue weighted by Gasteiger charge is -2.32. The first-order valence-electron chi connectivity index (χ1n) is 8.35. The highest BCUT2D eigenvalue weighted by Gasteiger charge is 2.32. The van der Waals surface area contributed by atoms with Crippen molar-refractivity contribution in [1.82, 2.24) is 8.61 Å². The minimum atomic E-state index is -3.45. The molecular formula is C17H25N3O5S. The number of piperidine rings is 1. The van der Waals surface area contributed by atoms with E-state index < -0.39 is 16.2 Å². The SMILES string of the molecule is COC(=O)c1cccc(NC(=O)C2CCN(S(=O)(=O)N(C)C)CC2)c1C. The summed E-state index contributed by atoms with van der Waals surface area (Å²) in [5, 5.41) is 2.85.